The summed E-state index contributed by atoms with van der Waals surface area (Å²) in [6.45, 7) is 1.84. The summed E-state index contributed by atoms with van der Waals surface area (Å²) in [6, 6.07) is 0. The third-order valence-electron chi connectivity index (χ3n) is 1.82. The summed E-state index contributed by atoms with van der Waals surface area (Å²) in [6.07, 6.45) is 8.29. The number of primary amides is 1. The fourth-order valence-electron chi connectivity index (χ4n) is 0.910. The Bertz CT molecular complexity index is 205. The average Bonchev–Trinajstić information content (AvgIpc) is 1.89. The van der Waals surface area contributed by atoms with Gasteiger partial charge in [0.05, 0.1) is 5.41 Å². The summed E-state index contributed by atoms with van der Waals surface area (Å²) in [4.78, 5) is 10.8. The van der Waals surface area contributed by atoms with E-state index in [4.69, 9.17) is 5.73 Å². The monoisotopic (exact) mass is 137 g/mol. The van der Waals surface area contributed by atoms with E-state index in [1.54, 1.807) is 0 Å². The number of carbonyl (C=O) groups is 1. The third-order valence-corrected chi connectivity index (χ3v) is 1.82. The number of amides is 1. The first-order valence-electron chi connectivity index (χ1n) is 3.29. The molecule has 0 bridgehead atoms. The van der Waals surface area contributed by atoms with Crippen LogP contribution >= 0.6 is 0 Å². The molecule has 0 aliphatic heterocycles. The van der Waals surface area contributed by atoms with E-state index < -0.39 is 5.41 Å². The van der Waals surface area contributed by atoms with E-state index in [1.807, 2.05) is 31.2 Å². The number of hydrogen-bond acceptors (Lipinski definition) is 1. The van der Waals surface area contributed by atoms with Crippen molar-refractivity contribution in [3.05, 3.63) is 24.3 Å². The van der Waals surface area contributed by atoms with Crippen molar-refractivity contribution in [1.82, 2.24) is 0 Å². The number of rotatable bonds is 1. The predicted molar refractivity (Wildman–Crippen MR) is 40.2 cm³/mol. The second-order valence-electron chi connectivity index (χ2n) is 2.77. The summed E-state index contributed by atoms with van der Waals surface area (Å²) in [5.41, 5.74) is 4.73. The van der Waals surface area contributed by atoms with Crippen LogP contribution in [0.15, 0.2) is 24.3 Å². The molecule has 2 N–H and O–H groups in total. The van der Waals surface area contributed by atoms with Gasteiger partial charge in [0.25, 0.3) is 0 Å². The first-order valence-corrected chi connectivity index (χ1v) is 3.29. The molecule has 2 nitrogen and oxygen atoms in total. The van der Waals surface area contributed by atoms with Crippen LogP contribution in [0.1, 0.15) is 13.3 Å². The predicted octanol–water partition coefficient (Wildman–Crippen LogP) is 0.994. The van der Waals surface area contributed by atoms with Gasteiger partial charge in [0.15, 0.2) is 0 Å². The number of carbonyl (C=O) groups excluding carboxylic acids is 1. The van der Waals surface area contributed by atoms with E-state index in [0.29, 0.717) is 0 Å². The second kappa shape index (κ2) is 2.29. The van der Waals surface area contributed by atoms with Gasteiger partial charge in [-0.2, -0.15) is 0 Å². The molecule has 10 heavy (non-hydrogen) atoms. The van der Waals surface area contributed by atoms with Gasteiger partial charge in [0, 0.05) is 0 Å². The Labute approximate surface area is 60.4 Å². The van der Waals surface area contributed by atoms with Crippen molar-refractivity contribution in [1.29, 1.82) is 0 Å². The molecule has 0 fully saturated rings. The minimum atomic E-state index is -0.450. The Kier molecular flexibility index (Phi) is 1.62. The molecule has 1 rings (SSSR count). The third kappa shape index (κ3) is 1.10. The van der Waals surface area contributed by atoms with Gasteiger partial charge in [0.1, 0.15) is 0 Å². The molecule has 0 saturated carbocycles. The van der Waals surface area contributed by atoms with E-state index in [0.717, 1.165) is 6.42 Å². The van der Waals surface area contributed by atoms with Crippen LogP contribution < -0.4 is 5.73 Å². The SMILES string of the molecule is CC1(C(N)=O)C=CC=CC1. The van der Waals surface area contributed by atoms with E-state index in [9.17, 15) is 4.79 Å². The van der Waals surface area contributed by atoms with E-state index in [-0.39, 0.29) is 5.91 Å². The maximum absolute atomic E-state index is 10.8. The maximum Gasteiger partial charge on any atom is 0.227 e. The molecule has 0 aromatic rings. The Morgan fingerprint density at radius 1 is 1.60 bits per heavy atom. The zero-order valence-corrected chi connectivity index (χ0v) is 6.00. The van der Waals surface area contributed by atoms with E-state index in [1.165, 1.54) is 0 Å². The van der Waals surface area contributed by atoms with Gasteiger partial charge >= 0.3 is 0 Å². The summed E-state index contributed by atoms with van der Waals surface area (Å²) < 4.78 is 0. The van der Waals surface area contributed by atoms with Crippen LogP contribution in [-0.2, 0) is 4.79 Å². The first kappa shape index (κ1) is 7.06. The van der Waals surface area contributed by atoms with Crippen molar-refractivity contribution in [3.63, 3.8) is 0 Å². The van der Waals surface area contributed by atoms with Crippen molar-refractivity contribution >= 4 is 5.91 Å². The molecule has 1 amide bonds. The largest absolute Gasteiger partial charge is 0.369 e. The zero-order valence-electron chi connectivity index (χ0n) is 6.00. The van der Waals surface area contributed by atoms with Crippen molar-refractivity contribution in [2.24, 2.45) is 11.1 Å². The van der Waals surface area contributed by atoms with Crippen LogP contribution in [0.5, 0.6) is 0 Å². The normalized spacial score (nSPS) is 30.5. The summed E-state index contributed by atoms with van der Waals surface area (Å²) in [5, 5.41) is 0. The van der Waals surface area contributed by atoms with Crippen molar-refractivity contribution in [2.75, 3.05) is 0 Å². The molecule has 1 atom stereocenters. The van der Waals surface area contributed by atoms with Gasteiger partial charge < -0.3 is 5.73 Å². The maximum atomic E-state index is 10.8. The highest BCUT2D eigenvalue weighted by molar-refractivity contribution is 5.83. The van der Waals surface area contributed by atoms with Crippen LogP contribution in [-0.4, -0.2) is 5.91 Å². The molecule has 0 saturated heterocycles. The minimum absolute atomic E-state index is 0.256. The van der Waals surface area contributed by atoms with Gasteiger partial charge in [-0.15, -0.1) is 0 Å². The lowest BCUT2D eigenvalue weighted by atomic mass is 9.83. The van der Waals surface area contributed by atoms with Crippen LogP contribution in [0.25, 0.3) is 0 Å². The number of hydrogen-bond donors (Lipinski definition) is 1. The Morgan fingerprint density at radius 3 is 2.60 bits per heavy atom. The van der Waals surface area contributed by atoms with E-state index in [2.05, 4.69) is 0 Å². The smallest absolute Gasteiger partial charge is 0.227 e. The highest BCUT2D eigenvalue weighted by atomic mass is 16.1. The van der Waals surface area contributed by atoms with Crippen molar-refractivity contribution < 1.29 is 4.79 Å². The fraction of sp³-hybridized carbons (Fsp3) is 0.375. The summed E-state index contributed by atoms with van der Waals surface area (Å²) in [7, 11) is 0. The minimum Gasteiger partial charge on any atom is -0.369 e. The lowest BCUT2D eigenvalue weighted by Crippen LogP contribution is -2.32. The highest BCUT2D eigenvalue weighted by Gasteiger charge is 2.26. The number of allylic oxidation sites excluding steroid dienone is 3. The van der Waals surface area contributed by atoms with Crippen LogP contribution in [0, 0.1) is 5.41 Å². The van der Waals surface area contributed by atoms with Crippen molar-refractivity contribution in [2.45, 2.75) is 13.3 Å². The van der Waals surface area contributed by atoms with Gasteiger partial charge in [-0.3, -0.25) is 4.79 Å². The molecule has 1 aliphatic rings. The topological polar surface area (TPSA) is 43.1 Å². The Balaban J connectivity index is 2.80. The lowest BCUT2D eigenvalue weighted by Gasteiger charge is -2.21. The highest BCUT2D eigenvalue weighted by Crippen LogP contribution is 2.25. The molecular weight excluding hydrogens is 126 g/mol. The molecule has 1 unspecified atom stereocenters. The molecule has 1 aliphatic carbocycles. The Morgan fingerprint density at radius 2 is 2.30 bits per heavy atom. The standard InChI is InChI=1S/C8H11NO/c1-8(7(9)10)5-3-2-4-6-8/h2-5H,6H2,1H3,(H2,9,10). The van der Waals surface area contributed by atoms with Crippen LogP contribution in [0.3, 0.4) is 0 Å². The summed E-state index contributed by atoms with van der Waals surface area (Å²) >= 11 is 0. The van der Waals surface area contributed by atoms with E-state index >= 15 is 0 Å². The average molecular weight is 137 g/mol. The van der Waals surface area contributed by atoms with Crippen LogP contribution in [0.4, 0.5) is 0 Å². The molecule has 0 aromatic heterocycles. The zero-order chi connectivity index (χ0) is 7.61. The van der Waals surface area contributed by atoms with Gasteiger partial charge in [-0.05, 0) is 13.3 Å². The van der Waals surface area contributed by atoms with Crippen LogP contribution in [0.2, 0.25) is 0 Å². The fourth-order valence-corrected chi connectivity index (χ4v) is 0.910. The number of nitrogens with two attached hydrogens (primary N) is 1. The molecule has 0 radical (unpaired) electrons. The van der Waals surface area contributed by atoms with Gasteiger partial charge in [-0.1, -0.05) is 24.3 Å². The molecular formula is C8H11NO. The van der Waals surface area contributed by atoms with Crippen molar-refractivity contribution in [3.8, 4) is 0 Å². The Hall–Kier alpha value is -1.05. The molecule has 0 spiro atoms. The second-order valence-corrected chi connectivity index (χ2v) is 2.77. The molecule has 0 heterocycles. The van der Waals surface area contributed by atoms with Gasteiger partial charge in [0.2, 0.25) is 5.91 Å². The van der Waals surface area contributed by atoms with Gasteiger partial charge in [-0.25, -0.2) is 0 Å². The molecule has 0 aromatic carbocycles. The lowest BCUT2D eigenvalue weighted by molar-refractivity contribution is -0.124. The first-order chi connectivity index (χ1) is 4.65. The quantitative estimate of drug-likeness (QED) is 0.575. The molecule has 2 heteroatoms. The molecule has 54 valence electrons. The summed E-state index contributed by atoms with van der Waals surface area (Å²) in [5.74, 6) is -0.256.